The Hall–Kier alpha value is -1.82. The minimum Gasteiger partial charge on any atom is -0.341 e. The Morgan fingerprint density at radius 1 is 1.28 bits per heavy atom. The van der Waals surface area contributed by atoms with Gasteiger partial charge in [0.05, 0.1) is 11.6 Å². The Morgan fingerprint density at radius 2 is 1.94 bits per heavy atom. The van der Waals surface area contributed by atoms with Crippen molar-refractivity contribution in [2.24, 2.45) is 0 Å². The second-order valence-corrected chi connectivity index (χ2v) is 4.52. The molecule has 18 heavy (non-hydrogen) atoms. The third-order valence-electron chi connectivity index (χ3n) is 2.92. The SMILES string of the molecule is CCCCCC(=O)N(C)Cc1ccc(C#N)cc1. The molecule has 96 valence electrons. The highest BCUT2D eigenvalue weighted by Gasteiger charge is 2.08. The summed E-state index contributed by atoms with van der Waals surface area (Å²) in [5.41, 5.74) is 1.70. The summed E-state index contributed by atoms with van der Waals surface area (Å²) in [5, 5.41) is 8.70. The Balaban J connectivity index is 2.45. The third-order valence-corrected chi connectivity index (χ3v) is 2.92. The van der Waals surface area contributed by atoms with Crippen LogP contribution >= 0.6 is 0 Å². The summed E-state index contributed by atoms with van der Waals surface area (Å²) >= 11 is 0. The fraction of sp³-hybridized carbons (Fsp3) is 0.467. The highest BCUT2D eigenvalue weighted by Crippen LogP contribution is 2.08. The first kappa shape index (κ1) is 14.2. The van der Waals surface area contributed by atoms with Crippen molar-refractivity contribution >= 4 is 5.91 Å². The molecule has 0 bridgehead atoms. The van der Waals surface area contributed by atoms with Crippen molar-refractivity contribution in [1.29, 1.82) is 5.26 Å². The zero-order chi connectivity index (χ0) is 13.4. The summed E-state index contributed by atoms with van der Waals surface area (Å²) in [4.78, 5) is 13.6. The van der Waals surface area contributed by atoms with Crippen LogP contribution in [0.15, 0.2) is 24.3 Å². The van der Waals surface area contributed by atoms with Gasteiger partial charge >= 0.3 is 0 Å². The van der Waals surface area contributed by atoms with Crippen molar-refractivity contribution in [2.75, 3.05) is 7.05 Å². The van der Waals surface area contributed by atoms with E-state index in [9.17, 15) is 4.79 Å². The van der Waals surface area contributed by atoms with Gasteiger partial charge in [0.2, 0.25) is 5.91 Å². The molecule has 1 aromatic carbocycles. The van der Waals surface area contributed by atoms with Crippen LogP contribution in [0.1, 0.15) is 43.7 Å². The van der Waals surface area contributed by atoms with Gasteiger partial charge in [0.1, 0.15) is 0 Å². The molecule has 3 nitrogen and oxygen atoms in total. The number of carbonyl (C=O) groups is 1. The van der Waals surface area contributed by atoms with Gasteiger partial charge in [0.25, 0.3) is 0 Å². The topological polar surface area (TPSA) is 44.1 Å². The van der Waals surface area contributed by atoms with Crippen LogP contribution in [0.3, 0.4) is 0 Å². The predicted molar refractivity (Wildman–Crippen MR) is 71.8 cm³/mol. The summed E-state index contributed by atoms with van der Waals surface area (Å²) in [7, 11) is 1.83. The van der Waals surface area contributed by atoms with Crippen LogP contribution in [-0.4, -0.2) is 17.9 Å². The third kappa shape index (κ3) is 4.58. The normalized spacial score (nSPS) is 9.83. The van der Waals surface area contributed by atoms with Crippen LogP contribution in [-0.2, 0) is 11.3 Å². The first-order valence-electron chi connectivity index (χ1n) is 6.40. The molecule has 0 saturated carbocycles. The van der Waals surface area contributed by atoms with Crippen LogP contribution in [0.4, 0.5) is 0 Å². The van der Waals surface area contributed by atoms with E-state index in [0.29, 0.717) is 18.5 Å². The molecule has 0 radical (unpaired) electrons. The van der Waals surface area contributed by atoms with Crippen molar-refractivity contribution in [3.8, 4) is 6.07 Å². The summed E-state index contributed by atoms with van der Waals surface area (Å²) in [6.07, 6.45) is 3.83. The highest BCUT2D eigenvalue weighted by molar-refractivity contribution is 5.75. The maximum absolute atomic E-state index is 11.8. The zero-order valence-electron chi connectivity index (χ0n) is 11.1. The number of hydrogen-bond acceptors (Lipinski definition) is 2. The molecule has 0 spiro atoms. The molecule has 0 aliphatic carbocycles. The number of rotatable bonds is 6. The largest absolute Gasteiger partial charge is 0.341 e. The second kappa shape index (κ2) is 7.50. The van der Waals surface area contributed by atoms with Gasteiger partial charge in [-0.1, -0.05) is 31.9 Å². The van der Waals surface area contributed by atoms with Crippen molar-refractivity contribution in [3.05, 3.63) is 35.4 Å². The Labute approximate surface area is 109 Å². The van der Waals surface area contributed by atoms with Crippen LogP contribution in [0, 0.1) is 11.3 Å². The smallest absolute Gasteiger partial charge is 0.222 e. The number of benzene rings is 1. The molecular weight excluding hydrogens is 224 g/mol. The Kier molecular flexibility index (Phi) is 5.93. The fourth-order valence-corrected chi connectivity index (χ4v) is 1.76. The van der Waals surface area contributed by atoms with E-state index in [1.54, 1.807) is 17.0 Å². The van der Waals surface area contributed by atoms with E-state index in [1.807, 2.05) is 19.2 Å². The maximum Gasteiger partial charge on any atom is 0.222 e. The zero-order valence-corrected chi connectivity index (χ0v) is 11.1. The summed E-state index contributed by atoms with van der Waals surface area (Å²) < 4.78 is 0. The van der Waals surface area contributed by atoms with E-state index in [2.05, 4.69) is 13.0 Å². The van der Waals surface area contributed by atoms with Crippen molar-refractivity contribution in [1.82, 2.24) is 4.90 Å². The van der Waals surface area contributed by atoms with Gasteiger partial charge in [-0.25, -0.2) is 0 Å². The van der Waals surface area contributed by atoms with Gasteiger partial charge in [-0.2, -0.15) is 5.26 Å². The molecule has 0 saturated heterocycles. The number of nitrogens with zero attached hydrogens (tertiary/aromatic N) is 2. The van der Waals surface area contributed by atoms with E-state index >= 15 is 0 Å². The lowest BCUT2D eigenvalue weighted by Gasteiger charge is -2.17. The predicted octanol–water partition coefficient (Wildman–Crippen LogP) is 3.10. The summed E-state index contributed by atoms with van der Waals surface area (Å²) in [6, 6.07) is 9.44. The van der Waals surface area contributed by atoms with E-state index in [1.165, 1.54) is 0 Å². The molecule has 0 aromatic heterocycles. The maximum atomic E-state index is 11.8. The van der Waals surface area contributed by atoms with Gasteiger partial charge in [-0.15, -0.1) is 0 Å². The molecule has 0 unspecified atom stereocenters. The number of unbranched alkanes of at least 4 members (excludes halogenated alkanes) is 2. The number of hydrogen-bond donors (Lipinski definition) is 0. The van der Waals surface area contributed by atoms with Gasteiger partial charge in [-0.05, 0) is 24.1 Å². The van der Waals surface area contributed by atoms with Crippen LogP contribution in [0.2, 0.25) is 0 Å². The van der Waals surface area contributed by atoms with Crippen LogP contribution in [0.5, 0.6) is 0 Å². The molecule has 1 amide bonds. The molecule has 0 aliphatic rings. The fourth-order valence-electron chi connectivity index (χ4n) is 1.76. The first-order chi connectivity index (χ1) is 8.67. The summed E-state index contributed by atoms with van der Waals surface area (Å²) in [6.45, 7) is 2.74. The van der Waals surface area contributed by atoms with Gasteiger partial charge in [0, 0.05) is 20.0 Å². The standard InChI is InChI=1S/C15H20N2O/c1-3-4-5-6-15(18)17(2)12-14-9-7-13(11-16)8-10-14/h7-10H,3-6,12H2,1-2H3. The average molecular weight is 244 g/mol. The highest BCUT2D eigenvalue weighted by atomic mass is 16.2. The van der Waals surface area contributed by atoms with Crippen molar-refractivity contribution < 1.29 is 4.79 Å². The monoisotopic (exact) mass is 244 g/mol. The van der Waals surface area contributed by atoms with E-state index in [0.717, 1.165) is 24.8 Å². The van der Waals surface area contributed by atoms with E-state index < -0.39 is 0 Å². The molecule has 0 atom stereocenters. The van der Waals surface area contributed by atoms with E-state index in [-0.39, 0.29) is 5.91 Å². The number of carbonyl (C=O) groups excluding carboxylic acids is 1. The van der Waals surface area contributed by atoms with Crippen molar-refractivity contribution in [3.63, 3.8) is 0 Å². The van der Waals surface area contributed by atoms with Crippen LogP contribution in [0.25, 0.3) is 0 Å². The molecule has 0 N–H and O–H groups in total. The minimum atomic E-state index is 0.188. The Bertz CT molecular complexity index is 417. The summed E-state index contributed by atoms with van der Waals surface area (Å²) in [5.74, 6) is 0.188. The average Bonchev–Trinajstić information content (AvgIpc) is 2.39. The Morgan fingerprint density at radius 3 is 2.50 bits per heavy atom. The lowest BCUT2D eigenvalue weighted by Crippen LogP contribution is -2.25. The number of amides is 1. The van der Waals surface area contributed by atoms with Gasteiger partial charge in [-0.3, -0.25) is 4.79 Å². The van der Waals surface area contributed by atoms with Crippen LogP contribution < -0.4 is 0 Å². The second-order valence-electron chi connectivity index (χ2n) is 4.52. The lowest BCUT2D eigenvalue weighted by atomic mass is 10.1. The molecule has 0 heterocycles. The number of nitriles is 1. The van der Waals surface area contributed by atoms with E-state index in [4.69, 9.17) is 5.26 Å². The molecular formula is C15H20N2O. The van der Waals surface area contributed by atoms with Crippen molar-refractivity contribution in [2.45, 2.75) is 39.2 Å². The minimum absolute atomic E-state index is 0.188. The quantitative estimate of drug-likeness (QED) is 0.722. The molecule has 0 fully saturated rings. The molecule has 1 aromatic rings. The van der Waals surface area contributed by atoms with Gasteiger partial charge < -0.3 is 4.90 Å². The van der Waals surface area contributed by atoms with Gasteiger partial charge in [0.15, 0.2) is 0 Å². The molecule has 3 heteroatoms. The molecule has 0 aliphatic heterocycles. The molecule has 1 rings (SSSR count). The lowest BCUT2D eigenvalue weighted by molar-refractivity contribution is -0.130. The first-order valence-corrected chi connectivity index (χ1v) is 6.40.